The van der Waals surface area contributed by atoms with Gasteiger partial charge in [0.05, 0.1) is 28.7 Å². The van der Waals surface area contributed by atoms with Crippen LogP contribution in [0.25, 0.3) is 34.0 Å². The van der Waals surface area contributed by atoms with Crippen LogP contribution in [0.2, 0.25) is 0 Å². The topological polar surface area (TPSA) is 124 Å². The minimum Gasteiger partial charge on any atom is -0.382 e. The number of nitrogen functional groups attached to an aromatic ring is 1. The van der Waals surface area contributed by atoms with Gasteiger partial charge in [0.2, 0.25) is 0 Å². The first-order chi connectivity index (χ1) is 18.2. The van der Waals surface area contributed by atoms with Gasteiger partial charge in [0, 0.05) is 30.3 Å². The summed E-state index contributed by atoms with van der Waals surface area (Å²) in [5.41, 5.74) is 8.25. The van der Waals surface area contributed by atoms with Crippen molar-refractivity contribution in [3.05, 3.63) is 66.1 Å². The van der Waals surface area contributed by atoms with Crippen molar-refractivity contribution in [2.75, 3.05) is 25.6 Å². The molecule has 4 aromatic rings. The van der Waals surface area contributed by atoms with E-state index in [9.17, 15) is 21.6 Å². The predicted molar refractivity (Wildman–Crippen MR) is 138 cm³/mol. The number of alkyl halides is 2. The lowest BCUT2D eigenvalue weighted by Crippen LogP contribution is -2.18. The van der Waals surface area contributed by atoms with Gasteiger partial charge in [0.15, 0.2) is 27.1 Å². The molecule has 3 N–H and O–H groups in total. The maximum absolute atomic E-state index is 14.7. The number of nitrogens with two attached hydrogens (primary N) is 1. The van der Waals surface area contributed by atoms with E-state index in [1.54, 1.807) is 24.3 Å². The molecular weight excluding hydrogens is 519 g/mol. The molecule has 12 heteroatoms. The van der Waals surface area contributed by atoms with Gasteiger partial charge in [-0.1, -0.05) is 23.4 Å². The number of hydrogen-bond acceptors (Lipinski definition) is 8. The van der Waals surface area contributed by atoms with Crippen LogP contribution in [0.5, 0.6) is 0 Å². The zero-order valence-corrected chi connectivity index (χ0v) is 21.3. The van der Waals surface area contributed by atoms with Crippen LogP contribution in [-0.4, -0.2) is 48.7 Å². The molecular formula is C26H26F3N5O3S. The number of hydrogen-bond donors (Lipinski definition) is 2. The fourth-order valence-electron chi connectivity index (χ4n) is 3.76. The van der Waals surface area contributed by atoms with E-state index in [0.717, 1.165) is 0 Å². The highest BCUT2D eigenvalue weighted by molar-refractivity contribution is 7.92. The van der Waals surface area contributed by atoms with E-state index in [2.05, 4.69) is 20.4 Å². The number of halogens is 3. The van der Waals surface area contributed by atoms with Crippen molar-refractivity contribution in [3.8, 4) is 34.0 Å². The third-order valence-electron chi connectivity index (χ3n) is 5.98. The second-order valence-electron chi connectivity index (χ2n) is 8.60. The first-order valence-corrected chi connectivity index (χ1v) is 13.3. The summed E-state index contributed by atoms with van der Waals surface area (Å²) in [5.74, 6) is -0.294. The monoisotopic (exact) mass is 545 g/mol. The molecule has 2 aromatic heterocycles. The van der Waals surface area contributed by atoms with Crippen molar-refractivity contribution in [1.29, 1.82) is 0 Å². The SMILES string of the molecule is CC(CCF)S(=O)(=O)c1ccc(-c2cnc(N)c(-c3cc(-c4ccc(CNCCF)cc4F)no3)n2)cc1. The van der Waals surface area contributed by atoms with Crippen LogP contribution < -0.4 is 11.1 Å². The molecule has 8 nitrogen and oxygen atoms in total. The van der Waals surface area contributed by atoms with Crippen molar-refractivity contribution >= 4 is 15.7 Å². The van der Waals surface area contributed by atoms with Crippen LogP contribution in [0, 0.1) is 5.82 Å². The number of aromatic nitrogens is 3. The highest BCUT2D eigenvalue weighted by Gasteiger charge is 2.23. The molecule has 0 amide bonds. The smallest absolute Gasteiger partial charge is 0.189 e. The van der Waals surface area contributed by atoms with Gasteiger partial charge in [-0.3, -0.25) is 4.39 Å². The molecule has 38 heavy (non-hydrogen) atoms. The number of benzene rings is 2. The molecule has 0 radical (unpaired) electrons. The molecule has 2 heterocycles. The van der Waals surface area contributed by atoms with Crippen molar-refractivity contribution in [2.45, 2.75) is 30.0 Å². The molecule has 0 fully saturated rings. The molecule has 2 aromatic carbocycles. The maximum atomic E-state index is 14.7. The Morgan fingerprint density at radius 3 is 2.50 bits per heavy atom. The molecule has 1 atom stereocenters. The Labute approximate surface area is 218 Å². The van der Waals surface area contributed by atoms with Crippen molar-refractivity contribution < 1.29 is 26.1 Å². The van der Waals surface area contributed by atoms with E-state index in [4.69, 9.17) is 10.3 Å². The molecule has 0 aliphatic rings. The molecule has 200 valence electrons. The number of anilines is 1. The van der Waals surface area contributed by atoms with E-state index in [0.29, 0.717) is 23.4 Å². The van der Waals surface area contributed by atoms with Crippen LogP contribution in [0.1, 0.15) is 18.9 Å². The third-order valence-corrected chi connectivity index (χ3v) is 8.20. The van der Waals surface area contributed by atoms with Crippen LogP contribution in [0.15, 0.2) is 64.1 Å². The Morgan fingerprint density at radius 2 is 1.82 bits per heavy atom. The molecule has 0 saturated heterocycles. The van der Waals surface area contributed by atoms with E-state index in [1.165, 1.54) is 37.4 Å². The number of sulfone groups is 1. The van der Waals surface area contributed by atoms with Crippen LogP contribution in [0.3, 0.4) is 0 Å². The van der Waals surface area contributed by atoms with Gasteiger partial charge in [0.25, 0.3) is 0 Å². The average Bonchev–Trinajstić information content (AvgIpc) is 3.39. The van der Waals surface area contributed by atoms with Crippen molar-refractivity contribution in [1.82, 2.24) is 20.4 Å². The van der Waals surface area contributed by atoms with E-state index < -0.39 is 34.3 Å². The highest BCUT2D eigenvalue weighted by Crippen LogP contribution is 2.31. The molecule has 0 saturated carbocycles. The quantitative estimate of drug-likeness (QED) is 0.258. The Kier molecular flexibility index (Phi) is 8.42. The summed E-state index contributed by atoms with van der Waals surface area (Å²) in [6.07, 6.45) is 1.35. The predicted octanol–water partition coefficient (Wildman–Crippen LogP) is 4.77. The summed E-state index contributed by atoms with van der Waals surface area (Å²) in [4.78, 5) is 8.74. The summed E-state index contributed by atoms with van der Waals surface area (Å²) in [6.45, 7) is 0.749. The lowest BCUT2D eigenvalue weighted by atomic mass is 10.1. The largest absolute Gasteiger partial charge is 0.382 e. The second kappa shape index (κ2) is 11.7. The highest BCUT2D eigenvalue weighted by atomic mass is 32.2. The van der Waals surface area contributed by atoms with Crippen molar-refractivity contribution in [2.24, 2.45) is 0 Å². The summed E-state index contributed by atoms with van der Waals surface area (Å²) >= 11 is 0. The molecule has 0 aliphatic heterocycles. The second-order valence-corrected chi connectivity index (χ2v) is 11.0. The minimum atomic E-state index is -3.66. The van der Waals surface area contributed by atoms with Gasteiger partial charge >= 0.3 is 0 Å². The van der Waals surface area contributed by atoms with Gasteiger partial charge in [0.1, 0.15) is 18.2 Å². The van der Waals surface area contributed by atoms with Crippen molar-refractivity contribution in [3.63, 3.8) is 0 Å². The maximum Gasteiger partial charge on any atom is 0.189 e. The summed E-state index contributed by atoms with van der Waals surface area (Å²) < 4.78 is 70.2. The Hall–Kier alpha value is -3.77. The number of nitrogens with one attached hydrogen (secondary N) is 1. The molecule has 1 unspecified atom stereocenters. The zero-order chi connectivity index (χ0) is 27.3. The van der Waals surface area contributed by atoms with Gasteiger partial charge in [-0.2, -0.15) is 0 Å². The average molecular weight is 546 g/mol. The first kappa shape index (κ1) is 27.3. The Morgan fingerprint density at radius 1 is 1.05 bits per heavy atom. The normalized spacial score (nSPS) is 12.5. The number of rotatable bonds is 11. The van der Waals surface area contributed by atoms with Crippen LogP contribution >= 0.6 is 0 Å². The lowest BCUT2D eigenvalue weighted by Gasteiger charge is -2.12. The van der Waals surface area contributed by atoms with Crippen LogP contribution in [-0.2, 0) is 16.4 Å². The molecule has 0 aliphatic carbocycles. The Balaban J connectivity index is 1.58. The Bertz CT molecular complexity index is 1510. The minimum absolute atomic E-state index is 0.0606. The van der Waals surface area contributed by atoms with Crippen LogP contribution in [0.4, 0.5) is 19.0 Å². The molecule has 4 rings (SSSR count). The van der Waals surface area contributed by atoms with Gasteiger partial charge in [-0.15, -0.1) is 0 Å². The van der Waals surface area contributed by atoms with E-state index >= 15 is 0 Å². The summed E-state index contributed by atoms with van der Waals surface area (Å²) in [5, 5.41) is 5.96. The van der Waals surface area contributed by atoms with Gasteiger partial charge in [-0.25, -0.2) is 27.2 Å². The zero-order valence-electron chi connectivity index (χ0n) is 20.5. The molecule has 0 spiro atoms. The van der Waals surface area contributed by atoms with Gasteiger partial charge < -0.3 is 15.6 Å². The fourth-order valence-corrected chi connectivity index (χ4v) is 5.14. The van der Waals surface area contributed by atoms with E-state index in [1.807, 2.05) is 0 Å². The first-order valence-electron chi connectivity index (χ1n) is 11.8. The fraction of sp³-hybridized carbons (Fsp3) is 0.269. The molecule has 0 bridgehead atoms. The summed E-state index contributed by atoms with van der Waals surface area (Å²) in [7, 11) is -3.66. The van der Waals surface area contributed by atoms with E-state index in [-0.39, 0.29) is 46.4 Å². The van der Waals surface area contributed by atoms with Gasteiger partial charge in [-0.05, 0) is 43.2 Å². The number of nitrogens with zero attached hydrogens (tertiary/aromatic N) is 3. The summed E-state index contributed by atoms with van der Waals surface area (Å²) in [6, 6.07) is 12.1. The lowest BCUT2D eigenvalue weighted by molar-refractivity contribution is 0.433. The third kappa shape index (κ3) is 5.86. The standard InChI is InChI=1S/C26H26F3N5O3S/c1-16(8-9-27)38(35,36)19-5-3-18(4-6-19)23-15-32-26(30)25(33-23)24-13-22(34-37-24)20-7-2-17(12-21(20)29)14-31-11-10-28/h2-7,12-13,15-16,31H,8-11,14H2,1H3,(H2,30,32).